The standard InChI is InChI=1S/C28H31N5O5S/c1-39(35,36)38-28(15-9-8-14-23(28)17-37-16-21-10-4-2-5-11-21)18-33-20-31-24-25(29-19-30-26(24)33)32-27(34)22-12-6-3-7-13-22/h2-7,10-13,19-20,23H,8-9,14-18H2,1H3,(H,29,30,32,34)/t23-,28-/m0/s1. The van der Waals surface area contributed by atoms with Gasteiger partial charge in [-0.1, -0.05) is 61.4 Å². The number of rotatable bonds is 10. The van der Waals surface area contributed by atoms with Crippen LogP contribution in [0.5, 0.6) is 0 Å². The molecule has 0 radical (unpaired) electrons. The van der Waals surface area contributed by atoms with Gasteiger partial charge in [0, 0.05) is 11.5 Å². The Labute approximate surface area is 227 Å². The molecule has 0 aliphatic heterocycles. The number of nitrogens with zero attached hydrogens (tertiary/aromatic N) is 4. The third kappa shape index (κ3) is 6.49. The summed E-state index contributed by atoms with van der Waals surface area (Å²) < 4.78 is 38.7. The number of benzene rings is 2. The Balaban J connectivity index is 1.41. The second-order valence-corrected chi connectivity index (χ2v) is 11.5. The normalized spacial score (nSPS) is 19.7. The fourth-order valence-electron chi connectivity index (χ4n) is 5.20. The molecule has 2 aromatic heterocycles. The smallest absolute Gasteiger partial charge is 0.264 e. The van der Waals surface area contributed by atoms with E-state index in [1.54, 1.807) is 35.2 Å². The predicted octanol–water partition coefficient (Wildman–Crippen LogP) is 4.20. The molecule has 4 aromatic rings. The van der Waals surface area contributed by atoms with Crippen molar-refractivity contribution in [2.24, 2.45) is 5.92 Å². The van der Waals surface area contributed by atoms with E-state index in [0.29, 0.717) is 36.4 Å². The number of carbonyl (C=O) groups excluding carboxylic acids is 1. The Kier molecular flexibility index (Phi) is 8.01. The van der Waals surface area contributed by atoms with Crippen LogP contribution in [0.4, 0.5) is 5.82 Å². The fourth-order valence-corrected chi connectivity index (χ4v) is 6.08. The molecular formula is C28H31N5O5S. The van der Waals surface area contributed by atoms with Crippen molar-refractivity contribution in [1.82, 2.24) is 19.5 Å². The van der Waals surface area contributed by atoms with E-state index in [1.807, 2.05) is 36.4 Å². The average molecular weight is 550 g/mol. The molecule has 39 heavy (non-hydrogen) atoms. The predicted molar refractivity (Wildman–Crippen MR) is 146 cm³/mol. The molecule has 2 atom stereocenters. The molecule has 11 heteroatoms. The number of imidazole rings is 1. The van der Waals surface area contributed by atoms with Crippen LogP contribution >= 0.6 is 0 Å². The molecule has 5 rings (SSSR count). The quantitative estimate of drug-likeness (QED) is 0.292. The summed E-state index contributed by atoms with van der Waals surface area (Å²) in [5, 5.41) is 2.81. The third-order valence-corrected chi connectivity index (χ3v) is 7.64. The lowest BCUT2D eigenvalue weighted by Crippen LogP contribution is -2.49. The molecule has 1 aliphatic carbocycles. The van der Waals surface area contributed by atoms with E-state index in [1.165, 1.54) is 6.33 Å². The van der Waals surface area contributed by atoms with Crippen LogP contribution in [0.3, 0.4) is 0 Å². The van der Waals surface area contributed by atoms with Gasteiger partial charge in [0.05, 0.1) is 32.3 Å². The van der Waals surface area contributed by atoms with Crippen LogP contribution in [-0.4, -0.2) is 52.3 Å². The van der Waals surface area contributed by atoms with Gasteiger partial charge in [0.25, 0.3) is 16.0 Å². The first-order valence-corrected chi connectivity index (χ1v) is 14.7. The summed E-state index contributed by atoms with van der Waals surface area (Å²) in [5.41, 5.74) is 1.38. The average Bonchev–Trinajstić information content (AvgIpc) is 3.33. The lowest BCUT2D eigenvalue weighted by atomic mass is 9.75. The van der Waals surface area contributed by atoms with E-state index < -0.39 is 15.7 Å². The minimum atomic E-state index is -3.78. The summed E-state index contributed by atoms with van der Waals surface area (Å²) in [7, 11) is -3.78. The molecule has 0 spiro atoms. The van der Waals surface area contributed by atoms with Crippen LogP contribution in [-0.2, 0) is 32.2 Å². The zero-order valence-electron chi connectivity index (χ0n) is 21.7. The van der Waals surface area contributed by atoms with Crippen molar-refractivity contribution in [3.05, 3.63) is 84.4 Å². The summed E-state index contributed by atoms with van der Waals surface area (Å²) in [5.74, 6) is -0.205. The SMILES string of the molecule is CS(=O)(=O)O[C@]1(Cn2cnc3c(NC(=O)c4ccccc4)ncnc32)CCCC[C@H]1COCc1ccccc1. The van der Waals surface area contributed by atoms with Gasteiger partial charge in [0.2, 0.25) is 0 Å². The molecule has 1 N–H and O–H groups in total. The number of amides is 1. The number of fused-ring (bicyclic) bond motifs is 1. The Morgan fingerprint density at radius 1 is 1.05 bits per heavy atom. The second-order valence-electron chi connectivity index (χ2n) is 9.88. The molecule has 1 fully saturated rings. The maximum atomic E-state index is 12.7. The van der Waals surface area contributed by atoms with E-state index in [9.17, 15) is 13.2 Å². The first-order chi connectivity index (χ1) is 18.8. The summed E-state index contributed by atoms with van der Waals surface area (Å²) in [6, 6.07) is 18.7. The molecule has 1 saturated carbocycles. The molecule has 2 aromatic carbocycles. The van der Waals surface area contributed by atoms with Crippen LogP contribution in [0.2, 0.25) is 0 Å². The van der Waals surface area contributed by atoms with Crippen LogP contribution in [0.1, 0.15) is 41.6 Å². The zero-order chi connectivity index (χ0) is 27.3. The van der Waals surface area contributed by atoms with Gasteiger partial charge in [-0.05, 0) is 30.5 Å². The van der Waals surface area contributed by atoms with Crippen molar-refractivity contribution in [2.45, 2.75) is 44.4 Å². The number of nitrogens with one attached hydrogen (secondary N) is 1. The van der Waals surface area contributed by atoms with E-state index in [-0.39, 0.29) is 24.2 Å². The van der Waals surface area contributed by atoms with Gasteiger partial charge in [-0.15, -0.1) is 0 Å². The highest BCUT2D eigenvalue weighted by atomic mass is 32.2. The summed E-state index contributed by atoms with van der Waals surface area (Å²) in [4.78, 5) is 25.8. The lowest BCUT2D eigenvalue weighted by Gasteiger charge is -2.43. The fraction of sp³-hybridized carbons (Fsp3) is 0.357. The van der Waals surface area contributed by atoms with Gasteiger partial charge in [-0.2, -0.15) is 8.42 Å². The molecule has 2 heterocycles. The largest absolute Gasteiger partial charge is 0.376 e. The molecule has 10 nitrogen and oxygen atoms in total. The molecule has 204 valence electrons. The van der Waals surface area contributed by atoms with Crippen molar-refractivity contribution in [2.75, 3.05) is 18.2 Å². The van der Waals surface area contributed by atoms with E-state index in [4.69, 9.17) is 8.92 Å². The number of aromatic nitrogens is 4. The first-order valence-electron chi connectivity index (χ1n) is 12.9. The monoisotopic (exact) mass is 549 g/mol. The Morgan fingerprint density at radius 2 is 1.79 bits per heavy atom. The second kappa shape index (κ2) is 11.6. The third-order valence-electron chi connectivity index (χ3n) is 7.00. The van der Waals surface area contributed by atoms with E-state index in [0.717, 1.165) is 31.1 Å². The van der Waals surface area contributed by atoms with Gasteiger partial charge in [-0.3, -0.25) is 8.98 Å². The topological polar surface area (TPSA) is 125 Å². The van der Waals surface area contributed by atoms with E-state index in [2.05, 4.69) is 20.3 Å². The van der Waals surface area contributed by atoms with Crippen LogP contribution in [0, 0.1) is 5.92 Å². The minimum absolute atomic E-state index is 0.166. The summed E-state index contributed by atoms with van der Waals surface area (Å²) >= 11 is 0. The Hall–Kier alpha value is -3.67. The van der Waals surface area contributed by atoms with Crippen molar-refractivity contribution in [3.8, 4) is 0 Å². The van der Waals surface area contributed by atoms with Crippen LogP contribution in [0.25, 0.3) is 11.2 Å². The summed E-state index contributed by atoms with van der Waals surface area (Å²) in [6.45, 7) is 0.988. The van der Waals surface area contributed by atoms with Gasteiger partial charge < -0.3 is 14.6 Å². The highest BCUT2D eigenvalue weighted by Gasteiger charge is 2.45. The number of anilines is 1. The van der Waals surface area contributed by atoms with E-state index >= 15 is 0 Å². The van der Waals surface area contributed by atoms with Crippen molar-refractivity contribution >= 4 is 33.0 Å². The number of hydrogen-bond acceptors (Lipinski definition) is 8. The molecule has 0 saturated heterocycles. The van der Waals surface area contributed by atoms with Crippen molar-refractivity contribution in [3.63, 3.8) is 0 Å². The van der Waals surface area contributed by atoms with Crippen molar-refractivity contribution < 1.29 is 22.1 Å². The lowest BCUT2D eigenvalue weighted by molar-refractivity contribution is -0.0690. The molecular weight excluding hydrogens is 518 g/mol. The number of ether oxygens (including phenoxy) is 1. The summed E-state index contributed by atoms with van der Waals surface area (Å²) in [6.07, 6.45) is 7.11. The maximum Gasteiger partial charge on any atom is 0.264 e. The Morgan fingerprint density at radius 3 is 2.54 bits per heavy atom. The molecule has 0 unspecified atom stereocenters. The highest BCUT2D eigenvalue weighted by molar-refractivity contribution is 7.86. The Bertz CT molecular complexity index is 1530. The van der Waals surface area contributed by atoms with Crippen LogP contribution in [0.15, 0.2) is 73.3 Å². The van der Waals surface area contributed by atoms with Gasteiger partial charge >= 0.3 is 0 Å². The maximum absolute atomic E-state index is 12.7. The van der Waals surface area contributed by atoms with Gasteiger partial charge in [0.1, 0.15) is 11.9 Å². The molecule has 1 aliphatic rings. The molecule has 0 bridgehead atoms. The zero-order valence-corrected chi connectivity index (χ0v) is 22.5. The van der Waals surface area contributed by atoms with Crippen LogP contribution < -0.4 is 5.32 Å². The van der Waals surface area contributed by atoms with Gasteiger partial charge in [-0.25, -0.2) is 15.0 Å². The van der Waals surface area contributed by atoms with Crippen molar-refractivity contribution in [1.29, 1.82) is 0 Å². The number of carbonyl (C=O) groups is 1. The number of hydrogen-bond donors (Lipinski definition) is 1. The molecule has 1 amide bonds. The highest BCUT2D eigenvalue weighted by Crippen LogP contribution is 2.40. The minimum Gasteiger partial charge on any atom is -0.376 e. The first kappa shape index (κ1) is 26.9. The van der Waals surface area contributed by atoms with Gasteiger partial charge in [0.15, 0.2) is 17.0 Å².